The Morgan fingerprint density at radius 2 is 1.90 bits per heavy atom. The fraction of sp³-hybridized carbons (Fsp3) is 0.368. The fourth-order valence-corrected chi connectivity index (χ4v) is 4.51. The smallest absolute Gasteiger partial charge is 0.0894 e. The SMILES string of the molecule is C1=C[C@H]2CCCC3=Cc4nc5ccccc5nc4[C@@H](C1)[C@H]32. The van der Waals surface area contributed by atoms with Crippen LogP contribution in [0.1, 0.15) is 43.0 Å². The molecular weight excluding hydrogens is 256 g/mol. The average Bonchev–Trinajstić information content (AvgIpc) is 2.54. The first kappa shape index (κ1) is 11.7. The molecule has 2 aromatic rings. The Bertz CT molecular complexity index is 787. The molecule has 1 saturated carbocycles. The van der Waals surface area contributed by atoms with Gasteiger partial charge in [-0.15, -0.1) is 0 Å². The number of allylic oxidation sites excluding steroid dienone is 3. The Morgan fingerprint density at radius 1 is 1.05 bits per heavy atom. The van der Waals surface area contributed by atoms with Crippen molar-refractivity contribution in [3.05, 3.63) is 53.4 Å². The molecule has 0 spiro atoms. The van der Waals surface area contributed by atoms with Crippen molar-refractivity contribution in [3.63, 3.8) is 0 Å². The van der Waals surface area contributed by atoms with Gasteiger partial charge in [-0.3, -0.25) is 0 Å². The number of para-hydroxylation sites is 2. The molecule has 0 aliphatic heterocycles. The molecule has 1 heterocycles. The lowest BCUT2D eigenvalue weighted by atomic mass is 9.62. The summed E-state index contributed by atoms with van der Waals surface area (Å²) in [6, 6.07) is 8.25. The van der Waals surface area contributed by atoms with Crippen LogP contribution >= 0.6 is 0 Å². The molecule has 0 amide bonds. The first-order chi connectivity index (χ1) is 10.4. The zero-order chi connectivity index (χ0) is 13.8. The zero-order valence-corrected chi connectivity index (χ0v) is 12.0. The van der Waals surface area contributed by atoms with Crippen LogP contribution in [0.4, 0.5) is 0 Å². The quantitative estimate of drug-likeness (QED) is 0.662. The van der Waals surface area contributed by atoms with Crippen molar-refractivity contribution in [2.24, 2.45) is 11.8 Å². The monoisotopic (exact) mass is 274 g/mol. The summed E-state index contributed by atoms with van der Waals surface area (Å²) in [7, 11) is 0. The van der Waals surface area contributed by atoms with Crippen molar-refractivity contribution in [1.82, 2.24) is 9.97 Å². The molecular formula is C19H18N2. The number of rotatable bonds is 0. The van der Waals surface area contributed by atoms with Crippen molar-refractivity contribution < 1.29 is 0 Å². The van der Waals surface area contributed by atoms with Gasteiger partial charge < -0.3 is 0 Å². The van der Waals surface area contributed by atoms with Crippen LogP contribution in [0.2, 0.25) is 0 Å². The lowest BCUT2D eigenvalue weighted by Crippen LogP contribution is -2.32. The standard InChI is InChI=1S/C19H18N2/c1-2-10-16-15(9-1)20-17-11-13-7-3-5-12-6-4-8-14(18(12)13)19(17)21-16/h1-2,4,6,9-12,14,18H,3,5,7-8H2/t12-,14+,18+/m1/s1. The van der Waals surface area contributed by atoms with Gasteiger partial charge in [-0.2, -0.15) is 0 Å². The summed E-state index contributed by atoms with van der Waals surface area (Å²) in [5, 5.41) is 0. The second kappa shape index (κ2) is 4.27. The van der Waals surface area contributed by atoms with Crippen molar-refractivity contribution in [1.29, 1.82) is 0 Å². The van der Waals surface area contributed by atoms with Gasteiger partial charge in [-0.05, 0) is 55.7 Å². The molecule has 0 saturated heterocycles. The van der Waals surface area contributed by atoms with E-state index >= 15 is 0 Å². The highest BCUT2D eigenvalue weighted by molar-refractivity contribution is 5.76. The number of fused-ring (bicyclic) bond motifs is 3. The maximum absolute atomic E-state index is 4.99. The Balaban J connectivity index is 1.76. The van der Waals surface area contributed by atoms with Crippen LogP contribution in [-0.4, -0.2) is 9.97 Å². The van der Waals surface area contributed by atoms with Crippen molar-refractivity contribution in [2.75, 3.05) is 0 Å². The Morgan fingerprint density at radius 3 is 2.81 bits per heavy atom. The van der Waals surface area contributed by atoms with Gasteiger partial charge in [0, 0.05) is 5.92 Å². The molecule has 104 valence electrons. The summed E-state index contributed by atoms with van der Waals surface area (Å²) in [6.45, 7) is 0. The third-order valence-electron chi connectivity index (χ3n) is 5.40. The molecule has 3 aliphatic rings. The van der Waals surface area contributed by atoms with Gasteiger partial charge in [0.15, 0.2) is 0 Å². The molecule has 0 unspecified atom stereocenters. The van der Waals surface area contributed by atoms with Crippen molar-refractivity contribution >= 4 is 17.1 Å². The molecule has 0 bridgehead atoms. The molecule has 3 atom stereocenters. The van der Waals surface area contributed by atoms with Crippen LogP contribution < -0.4 is 0 Å². The lowest BCUT2D eigenvalue weighted by Gasteiger charge is -2.42. The van der Waals surface area contributed by atoms with Gasteiger partial charge >= 0.3 is 0 Å². The van der Waals surface area contributed by atoms with Crippen LogP contribution in [0.3, 0.4) is 0 Å². The molecule has 0 radical (unpaired) electrons. The third kappa shape index (κ3) is 1.65. The summed E-state index contributed by atoms with van der Waals surface area (Å²) < 4.78 is 0. The minimum absolute atomic E-state index is 0.549. The van der Waals surface area contributed by atoms with Crippen LogP contribution in [0.25, 0.3) is 17.1 Å². The van der Waals surface area contributed by atoms with E-state index < -0.39 is 0 Å². The van der Waals surface area contributed by atoms with Gasteiger partial charge in [0.05, 0.1) is 22.4 Å². The predicted molar refractivity (Wildman–Crippen MR) is 84.8 cm³/mol. The van der Waals surface area contributed by atoms with Crippen LogP contribution in [0, 0.1) is 11.8 Å². The highest BCUT2D eigenvalue weighted by Crippen LogP contribution is 2.51. The van der Waals surface area contributed by atoms with E-state index in [1.54, 1.807) is 5.57 Å². The molecule has 2 heteroatoms. The molecule has 1 fully saturated rings. The van der Waals surface area contributed by atoms with Crippen LogP contribution in [0.5, 0.6) is 0 Å². The molecule has 0 N–H and O–H groups in total. The average molecular weight is 274 g/mol. The normalized spacial score (nSPS) is 29.7. The molecule has 21 heavy (non-hydrogen) atoms. The summed E-state index contributed by atoms with van der Waals surface area (Å²) >= 11 is 0. The Hall–Kier alpha value is -1.96. The highest BCUT2D eigenvalue weighted by atomic mass is 14.8. The first-order valence-electron chi connectivity index (χ1n) is 8.04. The van der Waals surface area contributed by atoms with Gasteiger partial charge in [0.2, 0.25) is 0 Å². The van der Waals surface area contributed by atoms with E-state index in [4.69, 9.17) is 9.97 Å². The zero-order valence-electron chi connectivity index (χ0n) is 12.0. The number of nitrogens with zero attached hydrogens (tertiary/aromatic N) is 2. The van der Waals surface area contributed by atoms with Gasteiger partial charge in [-0.25, -0.2) is 9.97 Å². The first-order valence-corrected chi connectivity index (χ1v) is 8.04. The summed E-state index contributed by atoms with van der Waals surface area (Å²) in [5.74, 6) is 1.96. The van der Waals surface area contributed by atoms with Crippen LogP contribution in [0.15, 0.2) is 42.0 Å². The summed E-state index contributed by atoms with van der Waals surface area (Å²) in [4.78, 5) is 9.88. The second-order valence-electron chi connectivity index (χ2n) is 6.55. The topological polar surface area (TPSA) is 25.8 Å². The minimum atomic E-state index is 0.549. The minimum Gasteiger partial charge on any atom is -0.249 e. The molecule has 3 aliphatic carbocycles. The summed E-state index contributed by atoms with van der Waals surface area (Å²) in [5.41, 5.74) is 6.04. The number of hydrogen-bond donors (Lipinski definition) is 0. The summed E-state index contributed by atoms with van der Waals surface area (Å²) in [6.07, 6.45) is 12.2. The van der Waals surface area contributed by atoms with Gasteiger partial charge in [0.25, 0.3) is 0 Å². The van der Waals surface area contributed by atoms with E-state index in [1.165, 1.54) is 25.0 Å². The van der Waals surface area contributed by atoms with Crippen LogP contribution in [-0.2, 0) is 0 Å². The molecule has 1 aromatic heterocycles. The molecule has 1 aromatic carbocycles. The van der Waals surface area contributed by atoms with E-state index in [2.05, 4.69) is 36.4 Å². The maximum Gasteiger partial charge on any atom is 0.0894 e. The molecule has 2 nitrogen and oxygen atoms in total. The van der Waals surface area contributed by atoms with E-state index in [-0.39, 0.29) is 0 Å². The lowest BCUT2D eigenvalue weighted by molar-refractivity contribution is 0.292. The predicted octanol–water partition coefficient (Wildman–Crippen LogP) is 4.49. The van der Waals surface area contributed by atoms with E-state index in [0.29, 0.717) is 11.8 Å². The Labute approximate surface area is 124 Å². The fourth-order valence-electron chi connectivity index (χ4n) is 4.51. The highest BCUT2D eigenvalue weighted by Gasteiger charge is 2.40. The van der Waals surface area contributed by atoms with Crippen molar-refractivity contribution in [3.8, 4) is 0 Å². The maximum atomic E-state index is 4.99. The number of aromatic nitrogens is 2. The number of hydrogen-bond acceptors (Lipinski definition) is 2. The van der Waals surface area contributed by atoms with Gasteiger partial charge in [-0.1, -0.05) is 29.9 Å². The van der Waals surface area contributed by atoms with Crippen molar-refractivity contribution in [2.45, 2.75) is 31.6 Å². The largest absolute Gasteiger partial charge is 0.249 e. The van der Waals surface area contributed by atoms with E-state index in [1.807, 2.05) is 6.07 Å². The van der Waals surface area contributed by atoms with E-state index in [0.717, 1.165) is 29.1 Å². The van der Waals surface area contributed by atoms with E-state index in [9.17, 15) is 0 Å². The van der Waals surface area contributed by atoms with Gasteiger partial charge in [0.1, 0.15) is 0 Å². The number of benzene rings is 1. The Kier molecular flexibility index (Phi) is 2.37. The third-order valence-corrected chi connectivity index (χ3v) is 5.40. The second-order valence-corrected chi connectivity index (χ2v) is 6.55. The molecule has 5 rings (SSSR count).